The summed E-state index contributed by atoms with van der Waals surface area (Å²) >= 11 is 11.1. The van der Waals surface area contributed by atoms with Crippen molar-refractivity contribution >= 4 is 61.8 Å². The third-order valence-electron chi connectivity index (χ3n) is 7.68. The number of benzene rings is 5. The van der Waals surface area contributed by atoms with E-state index in [1.165, 1.54) is 11.3 Å². The van der Waals surface area contributed by atoms with Crippen LogP contribution < -0.4 is 29.7 Å². The van der Waals surface area contributed by atoms with Crippen LogP contribution in [-0.4, -0.2) is 30.3 Å². The van der Waals surface area contributed by atoms with Crippen LogP contribution in [0.25, 0.3) is 11.3 Å². The van der Waals surface area contributed by atoms with E-state index >= 15 is 0 Å². The van der Waals surface area contributed by atoms with Gasteiger partial charge in [-0.2, -0.15) is 5.10 Å². The molecule has 0 saturated heterocycles. The molecule has 12 heteroatoms. The topological polar surface area (TPSA) is 103 Å². The predicted molar refractivity (Wildman–Crippen MR) is 215 cm³/mol. The molecule has 0 unspecified atom stereocenters. The van der Waals surface area contributed by atoms with Gasteiger partial charge in [0.25, 0.3) is 5.91 Å². The number of nitrogens with zero attached hydrogens (tertiary/aromatic N) is 2. The number of nitrogens with one attached hydrogen (secondary N) is 2. The highest BCUT2D eigenvalue weighted by Crippen LogP contribution is 2.38. The molecule has 0 fully saturated rings. The minimum absolute atomic E-state index is 0.268. The number of halogens is 2. The first-order valence-electron chi connectivity index (χ1n) is 16.8. The van der Waals surface area contributed by atoms with Gasteiger partial charge in [-0.25, -0.2) is 10.4 Å². The number of amides is 1. The molecule has 0 aliphatic carbocycles. The Morgan fingerprint density at radius 3 is 2.30 bits per heavy atom. The van der Waals surface area contributed by atoms with Crippen LogP contribution in [0.3, 0.4) is 0 Å². The summed E-state index contributed by atoms with van der Waals surface area (Å²) in [7, 11) is 0. The first-order chi connectivity index (χ1) is 25.9. The number of carbonyl (C=O) groups excluding carboxylic acids is 1. The van der Waals surface area contributed by atoms with E-state index in [1.54, 1.807) is 18.3 Å². The van der Waals surface area contributed by atoms with Crippen LogP contribution in [0.4, 0.5) is 10.8 Å². The third kappa shape index (κ3) is 10.4. The van der Waals surface area contributed by atoms with Gasteiger partial charge in [-0.05, 0) is 107 Å². The lowest BCUT2D eigenvalue weighted by Gasteiger charge is -2.16. The lowest BCUT2D eigenvalue weighted by Crippen LogP contribution is -2.17. The summed E-state index contributed by atoms with van der Waals surface area (Å²) in [5.74, 6) is 2.05. The van der Waals surface area contributed by atoms with Crippen LogP contribution in [0.2, 0.25) is 5.02 Å². The van der Waals surface area contributed by atoms with Crippen molar-refractivity contribution < 1.29 is 23.7 Å². The summed E-state index contributed by atoms with van der Waals surface area (Å²) in [6, 6.07) is 34.0. The van der Waals surface area contributed by atoms with Gasteiger partial charge in [-0.15, -0.1) is 11.3 Å². The quantitative estimate of drug-likeness (QED) is 0.0741. The molecule has 53 heavy (non-hydrogen) atoms. The van der Waals surface area contributed by atoms with Gasteiger partial charge in [0.1, 0.15) is 13.2 Å². The molecule has 1 aromatic heterocycles. The molecule has 0 radical (unpaired) electrons. The van der Waals surface area contributed by atoms with Crippen molar-refractivity contribution in [2.75, 3.05) is 18.5 Å². The molecule has 6 rings (SSSR count). The van der Waals surface area contributed by atoms with Gasteiger partial charge in [-0.1, -0.05) is 60.1 Å². The molecule has 9 nitrogen and oxygen atoms in total. The Morgan fingerprint density at radius 2 is 1.55 bits per heavy atom. The highest BCUT2D eigenvalue weighted by molar-refractivity contribution is 9.10. The minimum Gasteiger partial charge on any atom is -0.490 e. The number of rotatable bonds is 16. The lowest BCUT2D eigenvalue weighted by atomic mass is 10.1. The standard InChI is InChI=1S/C41H36BrClN4O5S/c1-3-49-37-21-28(10-19-36(37)51-24-27-8-6-5-7-9-27)25-52-39-34(42)20-29(22-38(39)50-4-2)23-44-47-40(48)31-13-11-30(12-14-31)35-26-53-41(46-35)45-33-17-15-32(43)16-18-33/h5-23,26H,3-4,24-25H2,1-2H3,(H,45,46)(H,47,48)/b44-23-. The highest BCUT2D eigenvalue weighted by Gasteiger charge is 2.15. The molecule has 0 aliphatic heterocycles. The average Bonchev–Trinajstić information content (AvgIpc) is 3.64. The van der Waals surface area contributed by atoms with Gasteiger partial charge >= 0.3 is 0 Å². The molecule has 5 aromatic carbocycles. The zero-order valence-corrected chi connectivity index (χ0v) is 32.1. The maximum Gasteiger partial charge on any atom is 0.271 e. The molecule has 0 atom stereocenters. The van der Waals surface area contributed by atoms with Gasteiger partial charge in [-0.3, -0.25) is 4.79 Å². The number of carbonyl (C=O) groups is 1. The third-order valence-corrected chi connectivity index (χ3v) is 9.28. The maximum atomic E-state index is 12.9. The Balaban J connectivity index is 1.05. The molecule has 0 aliphatic rings. The fourth-order valence-corrected chi connectivity index (χ4v) is 6.57. The second-order valence-electron chi connectivity index (χ2n) is 11.5. The van der Waals surface area contributed by atoms with E-state index in [1.807, 2.05) is 116 Å². The number of thiazole rings is 1. The van der Waals surface area contributed by atoms with Crippen LogP contribution in [-0.2, 0) is 13.2 Å². The number of hydrogen-bond acceptors (Lipinski definition) is 9. The Morgan fingerprint density at radius 1 is 0.811 bits per heavy atom. The van der Waals surface area contributed by atoms with Crippen LogP contribution in [0.5, 0.6) is 23.0 Å². The molecule has 2 N–H and O–H groups in total. The fraction of sp³-hybridized carbons (Fsp3) is 0.146. The van der Waals surface area contributed by atoms with Crippen LogP contribution in [0.1, 0.15) is 40.9 Å². The van der Waals surface area contributed by atoms with E-state index < -0.39 is 0 Å². The summed E-state index contributed by atoms with van der Waals surface area (Å²) in [6.45, 7) is 5.47. The number of aromatic nitrogens is 1. The first-order valence-corrected chi connectivity index (χ1v) is 18.9. The largest absolute Gasteiger partial charge is 0.490 e. The second kappa shape index (κ2) is 18.4. The normalized spacial score (nSPS) is 10.9. The monoisotopic (exact) mass is 810 g/mol. The molecule has 1 heterocycles. The summed E-state index contributed by atoms with van der Waals surface area (Å²) < 4.78 is 24.8. The molecule has 0 saturated carbocycles. The fourth-order valence-electron chi connectivity index (χ4n) is 5.13. The number of anilines is 2. The Hall–Kier alpha value is -5.36. The summed E-state index contributed by atoms with van der Waals surface area (Å²) in [4.78, 5) is 17.5. The molecule has 0 spiro atoms. The van der Waals surface area contributed by atoms with Gasteiger partial charge < -0.3 is 24.3 Å². The van der Waals surface area contributed by atoms with Gasteiger partial charge in [0.05, 0.1) is 29.6 Å². The van der Waals surface area contributed by atoms with Crippen LogP contribution in [0.15, 0.2) is 124 Å². The summed E-state index contributed by atoms with van der Waals surface area (Å²) in [5, 5.41) is 10.8. The minimum atomic E-state index is -0.344. The zero-order chi connectivity index (χ0) is 37.0. The predicted octanol–water partition coefficient (Wildman–Crippen LogP) is 10.7. The summed E-state index contributed by atoms with van der Waals surface area (Å²) in [5.41, 5.74) is 8.33. The van der Waals surface area contributed by atoms with E-state index in [-0.39, 0.29) is 12.5 Å². The highest BCUT2D eigenvalue weighted by atomic mass is 79.9. The summed E-state index contributed by atoms with van der Waals surface area (Å²) in [6.07, 6.45) is 1.55. The SMILES string of the molecule is CCOc1cc(COc2c(Br)cc(/C=N\NC(=O)c3ccc(-c4csc(Nc5ccc(Cl)cc5)n4)cc3)cc2OCC)ccc1OCc1ccccc1. The molecule has 1 amide bonds. The van der Waals surface area contributed by atoms with E-state index in [0.29, 0.717) is 63.4 Å². The molecule has 270 valence electrons. The molecular weight excluding hydrogens is 776 g/mol. The van der Waals surface area contributed by atoms with Crippen LogP contribution >= 0.6 is 38.9 Å². The van der Waals surface area contributed by atoms with Crippen molar-refractivity contribution in [3.63, 3.8) is 0 Å². The van der Waals surface area contributed by atoms with Crippen molar-refractivity contribution in [2.45, 2.75) is 27.1 Å². The zero-order valence-electron chi connectivity index (χ0n) is 29.0. The van der Waals surface area contributed by atoms with E-state index in [0.717, 1.165) is 33.2 Å². The van der Waals surface area contributed by atoms with Crippen molar-refractivity contribution in [1.29, 1.82) is 0 Å². The van der Waals surface area contributed by atoms with Crippen molar-refractivity contribution in [3.05, 3.63) is 146 Å². The van der Waals surface area contributed by atoms with Crippen molar-refractivity contribution in [2.24, 2.45) is 5.10 Å². The van der Waals surface area contributed by atoms with E-state index in [4.69, 9.17) is 30.5 Å². The smallest absolute Gasteiger partial charge is 0.271 e. The number of hydrogen-bond donors (Lipinski definition) is 2. The van der Waals surface area contributed by atoms with E-state index in [9.17, 15) is 4.79 Å². The van der Waals surface area contributed by atoms with Gasteiger partial charge in [0.2, 0.25) is 0 Å². The Labute approximate surface area is 325 Å². The van der Waals surface area contributed by atoms with Gasteiger partial charge in [0.15, 0.2) is 28.1 Å². The number of hydrazone groups is 1. The molecular formula is C41H36BrClN4O5S. The van der Waals surface area contributed by atoms with Crippen LogP contribution in [0, 0.1) is 0 Å². The van der Waals surface area contributed by atoms with E-state index in [2.05, 4.69) is 36.8 Å². The van der Waals surface area contributed by atoms with Crippen molar-refractivity contribution in [3.8, 4) is 34.3 Å². The lowest BCUT2D eigenvalue weighted by molar-refractivity contribution is 0.0955. The molecule has 6 aromatic rings. The second-order valence-corrected chi connectivity index (χ2v) is 13.6. The van der Waals surface area contributed by atoms with Crippen molar-refractivity contribution in [1.82, 2.24) is 10.4 Å². The Bertz CT molecular complexity index is 2160. The maximum absolute atomic E-state index is 12.9. The van der Waals surface area contributed by atoms with Gasteiger partial charge in [0, 0.05) is 27.2 Å². The number of ether oxygens (including phenoxy) is 4. The molecule has 0 bridgehead atoms. The first kappa shape index (κ1) is 37.4. The average molecular weight is 812 g/mol. The Kier molecular flexibility index (Phi) is 13.0.